The van der Waals surface area contributed by atoms with Gasteiger partial charge in [0.2, 0.25) is 5.91 Å². The molecule has 6 heteroatoms. The Morgan fingerprint density at radius 3 is 2.71 bits per heavy atom. The largest absolute Gasteiger partial charge is 0.354 e. The first-order valence-electron chi connectivity index (χ1n) is 6.94. The lowest BCUT2D eigenvalue weighted by molar-refractivity contribution is -0.124. The van der Waals surface area contributed by atoms with Gasteiger partial charge in [0, 0.05) is 6.54 Å². The van der Waals surface area contributed by atoms with Crippen LogP contribution in [0.4, 0.5) is 0 Å². The average Bonchev–Trinajstić information content (AvgIpc) is 2.83. The Balaban J connectivity index is 2.42. The van der Waals surface area contributed by atoms with Crippen molar-refractivity contribution < 1.29 is 4.79 Å². The van der Waals surface area contributed by atoms with Crippen molar-refractivity contribution in [1.29, 1.82) is 0 Å². The van der Waals surface area contributed by atoms with E-state index in [0.29, 0.717) is 23.3 Å². The van der Waals surface area contributed by atoms with Crippen molar-refractivity contribution in [1.82, 2.24) is 14.9 Å². The van der Waals surface area contributed by atoms with Crippen LogP contribution in [-0.4, -0.2) is 22.0 Å². The molecule has 0 bridgehead atoms. The Hall–Kier alpha value is -1.26. The van der Waals surface area contributed by atoms with Crippen LogP contribution in [0.3, 0.4) is 0 Å². The number of imidazole rings is 1. The van der Waals surface area contributed by atoms with Crippen LogP contribution in [0.2, 0.25) is 5.02 Å². The topological polar surface area (TPSA) is 46.9 Å². The van der Waals surface area contributed by atoms with E-state index in [0.717, 1.165) is 11.0 Å². The number of carbonyl (C=O) groups excluding carboxylic acids is 1. The second-order valence-corrected chi connectivity index (χ2v) is 6.13. The molecule has 0 saturated heterocycles. The van der Waals surface area contributed by atoms with Gasteiger partial charge in [-0.15, -0.1) is 11.6 Å². The lowest BCUT2D eigenvalue weighted by Gasteiger charge is -2.18. The Morgan fingerprint density at radius 1 is 1.38 bits per heavy atom. The van der Waals surface area contributed by atoms with Gasteiger partial charge in [-0.2, -0.15) is 0 Å². The van der Waals surface area contributed by atoms with Crippen LogP contribution >= 0.6 is 23.2 Å². The minimum Gasteiger partial charge on any atom is -0.354 e. The fourth-order valence-electron chi connectivity index (χ4n) is 2.24. The molecule has 4 nitrogen and oxygen atoms in total. The van der Waals surface area contributed by atoms with Crippen LogP contribution in [0.1, 0.15) is 32.6 Å². The van der Waals surface area contributed by atoms with Crippen molar-refractivity contribution in [3.05, 3.63) is 29.0 Å². The molecule has 2 rings (SSSR count). The first kappa shape index (κ1) is 16.1. The number of carbonyl (C=O) groups is 1. The summed E-state index contributed by atoms with van der Waals surface area (Å²) in [5.41, 5.74) is 1.50. The molecule has 0 saturated carbocycles. The third-order valence-corrected chi connectivity index (χ3v) is 3.85. The first-order chi connectivity index (χ1) is 9.95. The summed E-state index contributed by atoms with van der Waals surface area (Å²) in [6.45, 7) is 6.58. The van der Waals surface area contributed by atoms with Crippen LogP contribution in [0.25, 0.3) is 11.0 Å². The number of rotatable bonds is 5. The maximum Gasteiger partial charge on any atom is 0.242 e. The third-order valence-electron chi connectivity index (χ3n) is 3.30. The van der Waals surface area contributed by atoms with E-state index in [9.17, 15) is 4.79 Å². The SMILES string of the molecule is CC(C)CNC(=O)C(C)n1c(CCl)nc2cccc(Cl)c21. The molecular weight excluding hydrogens is 309 g/mol. The normalized spacial score (nSPS) is 12.9. The van der Waals surface area contributed by atoms with Crippen LogP contribution in [-0.2, 0) is 10.7 Å². The van der Waals surface area contributed by atoms with E-state index < -0.39 is 6.04 Å². The number of nitrogens with one attached hydrogen (secondary N) is 1. The fraction of sp³-hybridized carbons (Fsp3) is 0.467. The molecule has 0 aliphatic rings. The molecule has 0 aliphatic carbocycles. The van der Waals surface area contributed by atoms with Gasteiger partial charge in [-0.3, -0.25) is 4.79 Å². The van der Waals surface area contributed by atoms with E-state index in [1.165, 1.54) is 0 Å². The molecule has 1 heterocycles. The fourth-order valence-corrected chi connectivity index (χ4v) is 2.68. The van der Waals surface area contributed by atoms with Crippen molar-refractivity contribution in [2.75, 3.05) is 6.54 Å². The molecule has 0 radical (unpaired) electrons. The van der Waals surface area contributed by atoms with Crippen molar-refractivity contribution in [3.8, 4) is 0 Å². The summed E-state index contributed by atoms with van der Waals surface area (Å²) in [5.74, 6) is 1.21. The average molecular weight is 328 g/mol. The van der Waals surface area contributed by atoms with Crippen molar-refractivity contribution >= 4 is 40.1 Å². The van der Waals surface area contributed by atoms with E-state index in [2.05, 4.69) is 24.1 Å². The number of hydrogen-bond acceptors (Lipinski definition) is 2. The van der Waals surface area contributed by atoms with Crippen LogP contribution in [0, 0.1) is 5.92 Å². The zero-order chi connectivity index (χ0) is 15.6. The molecule has 1 unspecified atom stereocenters. The predicted octanol–water partition coefficient (Wildman–Crippen LogP) is 3.76. The molecule has 1 atom stereocenters. The molecule has 114 valence electrons. The highest BCUT2D eigenvalue weighted by Crippen LogP contribution is 2.28. The number of halogens is 2. The maximum atomic E-state index is 12.3. The molecule has 0 spiro atoms. The van der Waals surface area contributed by atoms with Crippen molar-refractivity contribution in [3.63, 3.8) is 0 Å². The number of alkyl halides is 1. The summed E-state index contributed by atoms with van der Waals surface area (Å²) < 4.78 is 1.82. The Labute approximate surface area is 134 Å². The summed E-state index contributed by atoms with van der Waals surface area (Å²) in [6.07, 6.45) is 0. The Kier molecular flexibility index (Phi) is 5.12. The molecule has 2 aromatic rings. The van der Waals surface area contributed by atoms with Gasteiger partial charge in [0.15, 0.2) is 0 Å². The first-order valence-corrected chi connectivity index (χ1v) is 7.86. The lowest BCUT2D eigenvalue weighted by atomic mass is 10.2. The van der Waals surface area contributed by atoms with E-state index in [-0.39, 0.29) is 11.8 Å². The number of nitrogens with zero attached hydrogens (tertiary/aromatic N) is 2. The predicted molar refractivity (Wildman–Crippen MR) is 86.9 cm³/mol. The standard InChI is InChI=1S/C15H19Cl2N3O/c1-9(2)8-18-15(21)10(3)20-13(7-16)19-12-6-4-5-11(17)14(12)20/h4-6,9-10H,7-8H2,1-3H3,(H,18,21). The highest BCUT2D eigenvalue weighted by atomic mass is 35.5. The second kappa shape index (κ2) is 6.67. The van der Waals surface area contributed by atoms with Crippen molar-refractivity contribution in [2.24, 2.45) is 5.92 Å². The van der Waals surface area contributed by atoms with Gasteiger partial charge in [-0.1, -0.05) is 31.5 Å². The number of benzene rings is 1. The van der Waals surface area contributed by atoms with E-state index in [4.69, 9.17) is 23.2 Å². The minimum absolute atomic E-state index is 0.0608. The van der Waals surface area contributed by atoms with Crippen LogP contribution in [0.15, 0.2) is 18.2 Å². The summed E-state index contributed by atoms with van der Waals surface area (Å²) in [6, 6.07) is 5.08. The maximum absolute atomic E-state index is 12.3. The van der Waals surface area contributed by atoms with Gasteiger partial charge >= 0.3 is 0 Å². The van der Waals surface area contributed by atoms with E-state index in [1.807, 2.05) is 23.6 Å². The minimum atomic E-state index is -0.414. The van der Waals surface area contributed by atoms with Crippen molar-refractivity contribution in [2.45, 2.75) is 32.7 Å². The van der Waals surface area contributed by atoms with Gasteiger partial charge in [-0.05, 0) is 25.0 Å². The zero-order valence-electron chi connectivity index (χ0n) is 12.4. The lowest BCUT2D eigenvalue weighted by Crippen LogP contribution is -2.34. The summed E-state index contributed by atoms with van der Waals surface area (Å²) in [4.78, 5) is 16.8. The van der Waals surface area contributed by atoms with Crippen LogP contribution < -0.4 is 5.32 Å². The van der Waals surface area contributed by atoms with Gasteiger partial charge in [-0.25, -0.2) is 4.98 Å². The smallest absolute Gasteiger partial charge is 0.242 e. The highest BCUT2D eigenvalue weighted by molar-refractivity contribution is 6.35. The molecule has 1 amide bonds. The molecule has 1 aromatic carbocycles. The quantitative estimate of drug-likeness (QED) is 0.850. The van der Waals surface area contributed by atoms with E-state index >= 15 is 0 Å². The van der Waals surface area contributed by atoms with Gasteiger partial charge < -0.3 is 9.88 Å². The molecule has 1 N–H and O–H groups in total. The molecule has 0 aliphatic heterocycles. The summed E-state index contributed by atoms with van der Waals surface area (Å²) in [7, 11) is 0. The van der Waals surface area contributed by atoms with Gasteiger partial charge in [0.05, 0.1) is 21.9 Å². The molecule has 1 aromatic heterocycles. The van der Waals surface area contributed by atoms with Gasteiger partial charge in [0.1, 0.15) is 11.9 Å². The third kappa shape index (κ3) is 3.33. The zero-order valence-corrected chi connectivity index (χ0v) is 13.9. The summed E-state index contributed by atoms with van der Waals surface area (Å²) in [5, 5.41) is 3.50. The number of para-hydroxylation sites is 1. The Bertz CT molecular complexity index is 652. The number of fused-ring (bicyclic) bond motifs is 1. The number of aromatic nitrogens is 2. The molecule has 21 heavy (non-hydrogen) atoms. The summed E-state index contributed by atoms with van der Waals surface area (Å²) >= 11 is 12.2. The van der Waals surface area contributed by atoms with Gasteiger partial charge in [0.25, 0.3) is 0 Å². The Morgan fingerprint density at radius 2 is 2.10 bits per heavy atom. The monoisotopic (exact) mass is 327 g/mol. The molecule has 0 fully saturated rings. The second-order valence-electron chi connectivity index (χ2n) is 5.45. The number of hydrogen-bond donors (Lipinski definition) is 1. The molecular formula is C15H19Cl2N3O. The van der Waals surface area contributed by atoms with Crippen LogP contribution in [0.5, 0.6) is 0 Å². The number of amides is 1. The highest BCUT2D eigenvalue weighted by Gasteiger charge is 2.22. The van der Waals surface area contributed by atoms with E-state index in [1.54, 1.807) is 6.07 Å².